The Morgan fingerprint density at radius 1 is 1.33 bits per heavy atom. The van der Waals surface area contributed by atoms with Gasteiger partial charge in [0.2, 0.25) is 0 Å². The molecule has 1 aromatic carbocycles. The van der Waals surface area contributed by atoms with Crippen molar-refractivity contribution in [3.05, 3.63) is 54.1 Å². The summed E-state index contributed by atoms with van der Waals surface area (Å²) in [6, 6.07) is 8.83. The Morgan fingerprint density at radius 3 is 2.67 bits per heavy atom. The highest BCUT2D eigenvalue weighted by molar-refractivity contribution is 6.04. The number of rotatable bonds is 5. The van der Waals surface area contributed by atoms with Crippen LogP contribution in [0, 0.1) is 11.3 Å². The summed E-state index contributed by atoms with van der Waals surface area (Å²) in [6.07, 6.45) is 4.41. The van der Waals surface area contributed by atoms with Gasteiger partial charge in [0.15, 0.2) is 0 Å². The average Bonchev–Trinajstić information content (AvgIpc) is 2.56. The van der Waals surface area contributed by atoms with E-state index in [1.807, 2.05) is 6.07 Å². The molecule has 0 fully saturated rings. The Kier molecular flexibility index (Phi) is 4.96. The maximum absolute atomic E-state index is 12.5. The second kappa shape index (κ2) is 7.12. The summed E-state index contributed by atoms with van der Waals surface area (Å²) in [5.41, 5.74) is 1.48. The van der Waals surface area contributed by atoms with Crippen LogP contribution < -0.4 is 4.90 Å². The number of anilines is 1. The lowest BCUT2D eigenvalue weighted by atomic mass is 10.2. The van der Waals surface area contributed by atoms with Crippen LogP contribution in [-0.4, -0.2) is 36.1 Å². The first kappa shape index (κ1) is 14.6. The largest absolute Gasteiger partial charge is 0.383 e. The molecular formula is C15H14N4O2. The Hall–Kier alpha value is -2.78. The van der Waals surface area contributed by atoms with Crippen molar-refractivity contribution >= 4 is 11.6 Å². The molecule has 1 heterocycles. The topological polar surface area (TPSA) is 79.1 Å². The summed E-state index contributed by atoms with van der Waals surface area (Å²) in [4.78, 5) is 22.0. The van der Waals surface area contributed by atoms with Gasteiger partial charge in [-0.15, -0.1) is 0 Å². The zero-order valence-electron chi connectivity index (χ0n) is 11.6. The van der Waals surface area contributed by atoms with Crippen molar-refractivity contribution in [1.82, 2.24) is 9.97 Å². The third-order valence-corrected chi connectivity index (χ3v) is 2.85. The zero-order valence-corrected chi connectivity index (χ0v) is 11.6. The lowest BCUT2D eigenvalue weighted by Gasteiger charge is -2.22. The van der Waals surface area contributed by atoms with E-state index in [-0.39, 0.29) is 11.6 Å². The van der Waals surface area contributed by atoms with E-state index in [0.29, 0.717) is 24.4 Å². The molecule has 2 rings (SSSR count). The number of amides is 1. The van der Waals surface area contributed by atoms with Crippen molar-refractivity contribution in [2.24, 2.45) is 0 Å². The maximum Gasteiger partial charge on any atom is 0.278 e. The van der Waals surface area contributed by atoms with Gasteiger partial charge < -0.3 is 9.64 Å². The van der Waals surface area contributed by atoms with E-state index < -0.39 is 0 Å². The van der Waals surface area contributed by atoms with Gasteiger partial charge in [-0.2, -0.15) is 5.26 Å². The molecule has 21 heavy (non-hydrogen) atoms. The minimum atomic E-state index is -0.259. The zero-order chi connectivity index (χ0) is 15.1. The molecule has 6 heteroatoms. The molecule has 0 aliphatic carbocycles. The summed E-state index contributed by atoms with van der Waals surface area (Å²) < 4.78 is 5.04. The SMILES string of the molecule is COCCN(C(=O)c1cnccn1)c1ccc(C#N)cc1. The summed E-state index contributed by atoms with van der Waals surface area (Å²) in [7, 11) is 1.57. The Morgan fingerprint density at radius 2 is 2.10 bits per heavy atom. The van der Waals surface area contributed by atoms with Crippen LogP contribution in [0.25, 0.3) is 0 Å². The number of hydrogen-bond acceptors (Lipinski definition) is 5. The van der Waals surface area contributed by atoms with Gasteiger partial charge in [-0.1, -0.05) is 0 Å². The van der Waals surface area contributed by atoms with Gasteiger partial charge in [0.05, 0.1) is 24.4 Å². The molecule has 0 radical (unpaired) electrons. The molecule has 0 N–H and O–H groups in total. The highest BCUT2D eigenvalue weighted by Crippen LogP contribution is 2.17. The fraction of sp³-hybridized carbons (Fsp3) is 0.200. The van der Waals surface area contributed by atoms with Gasteiger partial charge in [0, 0.05) is 31.7 Å². The van der Waals surface area contributed by atoms with E-state index in [4.69, 9.17) is 10.00 Å². The number of aromatic nitrogens is 2. The highest BCUT2D eigenvalue weighted by atomic mass is 16.5. The van der Waals surface area contributed by atoms with Crippen LogP contribution in [0.4, 0.5) is 5.69 Å². The Bertz CT molecular complexity index is 635. The van der Waals surface area contributed by atoms with Crippen molar-refractivity contribution in [2.45, 2.75) is 0 Å². The normalized spacial score (nSPS) is 9.90. The first-order valence-corrected chi connectivity index (χ1v) is 6.33. The number of hydrogen-bond donors (Lipinski definition) is 0. The fourth-order valence-electron chi connectivity index (χ4n) is 1.79. The predicted molar refractivity (Wildman–Crippen MR) is 76.7 cm³/mol. The summed E-state index contributed by atoms with van der Waals surface area (Å²) in [6.45, 7) is 0.782. The van der Waals surface area contributed by atoms with E-state index in [9.17, 15) is 4.79 Å². The smallest absolute Gasteiger partial charge is 0.278 e. The number of benzene rings is 1. The first-order chi connectivity index (χ1) is 10.3. The van der Waals surface area contributed by atoms with Gasteiger partial charge in [-0.25, -0.2) is 4.98 Å². The molecule has 1 aromatic heterocycles. The lowest BCUT2D eigenvalue weighted by molar-refractivity contribution is 0.0971. The molecule has 106 valence electrons. The van der Waals surface area contributed by atoms with Gasteiger partial charge in [0.1, 0.15) is 5.69 Å². The molecule has 2 aromatic rings. The molecule has 6 nitrogen and oxygen atoms in total. The monoisotopic (exact) mass is 282 g/mol. The van der Waals surface area contributed by atoms with E-state index in [1.165, 1.54) is 18.6 Å². The average molecular weight is 282 g/mol. The van der Waals surface area contributed by atoms with Crippen LogP contribution in [0.5, 0.6) is 0 Å². The van der Waals surface area contributed by atoms with E-state index in [1.54, 1.807) is 36.3 Å². The van der Waals surface area contributed by atoms with Crippen molar-refractivity contribution in [1.29, 1.82) is 5.26 Å². The third-order valence-electron chi connectivity index (χ3n) is 2.85. The molecule has 0 spiro atoms. The van der Waals surface area contributed by atoms with Gasteiger partial charge in [-0.05, 0) is 24.3 Å². The van der Waals surface area contributed by atoms with E-state index >= 15 is 0 Å². The summed E-state index contributed by atoms with van der Waals surface area (Å²) in [5.74, 6) is -0.259. The van der Waals surface area contributed by atoms with Crippen molar-refractivity contribution in [2.75, 3.05) is 25.2 Å². The van der Waals surface area contributed by atoms with Crippen LogP contribution in [0.15, 0.2) is 42.9 Å². The highest BCUT2D eigenvalue weighted by Gasteiger charge is 2.18. The Balaban J connectivity index is 2.29. The number of ether oxygens (including phenoxy) is 1. The molecule has 0 saturated carbocycles. The predicted octanol–water partition coefficient (Wildman–Crippen LogP) is 1.64. The third kappa shape index (κ3) is 3.61. The van der Waals surface area contributed by atoms with Gasteiger partial charge >= 0.3 is 0 Å². The number of carbonyl (C=O) groups excluding carboxylic acids is 1. The van der Waals surface area contributed by atoms with Crippen LogP contribution in [0.2, 0.25) is 0 Å². The minimum absolute atomic E-state index is 0.259. The van der Waals surface area contributed by atoms with Crippen LogP contribution in [-0.2, 0) is 4.74 Å². The molecule has 0 atom stereocenters. The minimum Gasteiger partial charge on any atom is -0.383 e. The van der Waals surface area contributed by atoms with Crippen molar-refractivity contribution in [3.8, 4) is 6.07 Å². The van der Waals surface area contributed by atoms with E-state index in [0.717, 1.165) is 0 Å². The molecular weight excluding hydrogens is 268 g/mol. The standard InChI is InChI=1S/C15H14N4O2/c1-21-9-8-19(13-4-2-12(10-16)3-5-13)15(20)14-11-17-6-7-18-14/h2-7,11H,8-9H2,1H3. The van der Waals surface area contributed by atoms with Crippen LogP contribution in [0.3, 0.4) is 0 Å². The van der Waals surface area contributed by atoms with Crippen molar-refractivity contribution in [3.63, 3.8) is 0 Å². The van der Waals surface area contributed by atoms with Gasteiger partial charge in [-0.3, -0.25) is 9.78 Å². The molecule has 0 unspecified atom stereocenters. The summed E-state index contributed by atoms with van der Waals surface area (Å²) in [5, 5.41) is 8.83. The molecule has 0 aliphatic rings. The molecule has 0 saturated heterocycles. The number of carbonyl (C=O) groups is 1. The number of nitriles is 1. The summed E-state index contributed by atoms with van der Waals surface area (Å²) >= 11 is 0. The molecule has 0 aliphatic heterocycles. The van der Waals surface area contributed by atoms with E-state index in [2.05, 4.69) is 9.97 Å². The van der Waals surface area contributed by atoms with Crippen LogP contribution in [0.1, 0.15) is 16.1 Å². The second-order valence-electron chi connectivity index (χ2n) is 4.20. The van der Waals surface area contributed by atoms with Crippen molar-refractivity contribution < 1.29 is 9.53 Å². The van der Waals surface area contributed by atoms with Crippen LogP contribution >= 0.6 is 0 Å². The number of nitrogens with zero attached hydrogens (tertiary/aromatic N) is 4. The second-order valence-corrected chi connectivity index (χ2v) is 4.20. The first-order valence-electron chi connectivity index (χ1n) is 6.33. The Labute approximate surface area is 122 Å². The molecule has 1 amide bonds. The fourth-order valence-corrected chi connectivity index (χ4v) is 1.79. The quantitative estimate of drug-likeness (QED) is 0.833. The van der Waals surface area contributed by atoms with Gasteiger partial charge in [0.25, 0.3) is 5.91 Å². The molecule has 0 bridgehead atoms. The lowest BCUT2D eigenvalue weighted by Crippen LogP contribution is -2.34. The maximum atomic E-state index is 12.5. The number of methoxy groups -OCH3 is 1.